The van der Waals surface area contributed by atoms with Gasteiger partial charge in [-0.1, -0.05) is 0 Å². The van der Waals surface area contributed by atoms with Gasteiger partial charge in [-0.25, -0.2) is 4.98 Å². The zero-order valence-electron chi connectivity index (χ0n) is 17.0. The second kappa shape index (κ2) is 12.7. The van der Waals surface area contributed by atoms with Crippen molar-refractivity contribution in [2.45, 2.75) is 19.8 Å². The van der Waals surface area contributed by atoms with E-state index in [0.29, 0.717) is 12.3 Å². The van der Waals surface area contributed by atoms with Crippen LogP contribution in [-0.2, 0) is 12.8 Å². The van der Waals surface area contributed by atoms with Gasteiger partial charge < -0.3 is 24.8 Å². The first kappa shape index (κ1) is 24.3. The molecule has 1 heterocycles. The summed E-state index contributed by atoms with van der Waals surface area (Å²) in [5.41, 5.74) is 2.09. The summed E-state index contributed by atoms with van der Waals surface area (Å²) in [6.07, 6.45) is 1.59. The molecule has 2 N–H and O–H groups in total. The summed E-state index contributed by atoms with van der Waals surface area (Å²) >= 11 is 1.67. The standard InChI is InChI=1S/C19H28N4O3S.HI/c1-13-23-14(12-27-13)6-8-21-19(20-2)22-9-7-16-17(25-4)10-15(24-3)11-18(16)26-5;/h10-12H,6-9H2,1-5H3,(H2,20,21,22);1H. The number of benzene rings is 1. The van der Waals surface area contributed by atoms with Crippen LogP contribution in [0.15, 0.2) is 22.5 Å². The van der Waals surface area contributed by atoms with Crippen LogP contribution >= 0.6 is 35.3 Å². The van der Waals surface area contributed by atoms with Gasteiger partial charge in [0.05, 0.1) is 32.0 Å². The molecule has 0 saturated heterocycles. The van der Waals surface area contributed by atoms with Crippen molar-refractivity contribution >= 4 is 41.3 Å². The van der Waals surface area contributed by atoms with Gasteiger partial charge in [0.25, 0.3) is 0 Å². The predicted molar refractivity (Wildman–Crippen MR) is 125 cm³/mol. The molecule has 0 aliphatic carbocycles. The number of aryl methyl sites for hydroxylation is 1. The van der Waals surface area contributed by atoms with Crippen molar-refractivity contribution in [3.63, 3.8) is 0 Å². The largest absolute Gasteiger partial charge is 0.496 e. The highest BCUT2D eigenvalue weighted by atomic mass is 127. The zero-order valence-corrected chi connectivity index (χ0v) is 20.1. The zero-order chi connectivity index (χ0) is 19.6. The normalized spacial score (nSPS) is 10.8. The molecule has 2 rings (SSSR count). The van der Waals surface area contributed by atoms with Gasteiger partial charge in [0, 0.05) is 49.6 Å². The van der Waals surface area contributed by atoms with Crippen molar-refractivity contribution in [3.05, 3.63) is 33.8 Å². The molecule has 0 spiro atoms. The number of hydrogen-bond donors (Lipinski definition) is 2. The lowest BCUT2D eigenvalue weighted by molar-refractivity contribution is 0.368. The quantitative estimate of drug-likeness (QED) is 0.301. The first-order valence-corrected chi connectivity index (χ1v) is 9.63. The fourth-order valence-electron chi connectivity index (χ4n) is 2.68. The molecule has 0 radical (unpaired) electrons. The molecule has 0 aliphatic heterocycles. The SMILES string of the molecule is CN=C(NCCc1csc(C)n1)NCCc1c(OC)cc(OC)cc1OC.I. The Morgan fingerprint density at radius 3 is 2.11 bits per heavy atom. The first-order valence-electron chi connectivity index (χ1n) is 8.75. The summed E-state index contributed by atoms with van der Waals surface area (Å²) < 4.78 is 16.3. The van der Waals surface area contributed by atoms with Crippen molar-refractivity contribution in [2.75, 3.05) is 41.5 Å². The number of ether oxygens (including phenoxy) is 3. The third-order valence-corrected chi connectivity index (χ3v) is 4.87. The van der Waals surface area contributed by atoms with E-state index in [1.165, 1.54) is 0 Å². The molecule has 0 aliphatic rings. The molecule has 2 aromatic rings. The number of aliphatic imine (C=N–C) groups is 1. The minimum Gasteiger partial charge on any atom is -0.496 e. The maximum Gasteiger partial charge on any atom is 0.190 e. The maximum atomic E-state index is 5.49. The third kappa shape index (κ3) is 7.01. The van der Waals surface area contributed by atoms with Gasteiger partial charge in [0.1, 0.15) is 17.2 Å². The number of nitrogens with one attached hydrogen (secondary N) is 2. The summed E-state index contributed by atoms with van der Waals surface area (Å²) in [4.78, 5) is 8.73. The molecule has 0 amide bonds. The average molecular weight is 520 g/mol. The minimum atomic E-state index is 0. The van der Waals surface area contributed by atoms with Crippen molar-refractivity contribution in [1.82, 2.24) is 15.6 Å². The number of hydrogen-bond acceptors (Lipinski definition) is 6. The van der Waals surface area contributed by atoms with E-state index in [1.807, 2.05) is 19.1 Å². The number of thiazole rings is 1. The van der Waals surface area contributed by atoms with E-state index in [-0.39, 0.29) is 24.0 Å². The van der Waals surface area contributed by atoms with E-state index >= 15 is 0 Å². The van der Waals surface area contributed by atoms with Crippen molar-refractivity contribution in [1.29, 1.82) is 0 Å². The Bertz CT molecular complexity index is 742. The molecule has 7 nitrogen and oxygen atoms in total. The lowest BCUT2D eigenvalue weighted by Gasteiger charge is -2.16. The molecule has 1 aromatic heterocycles. The molecule has 1 aromatic carbocycles. The van der Waals surface area contributed by atoms with Crippen LogP contribution in [0.1, 0.15) is 16.3 Å². The van der Waals surface area contributed by atoms with Gasteiger partial charge in [0.15, 0.2) is 5.96 Å². The Balaban J connectivity index is 0.00000392. The van der Waals surface area contributed by atoms with Gasteiger partial charge in [0.2, 0.25) is 0 Å². The van der Waals surface area contributed by atoms with E-state index in [2.05, 4.69) is 26.0 Å². The van der Waals surface area contributed by atoms with E-state index in [1.54, 1.807) is 39.7 Å². The number of halogens is 1. The molecule has 28 heavy (non-hydrogen) atoms. The van der Waals surface area contributed by atoms with Gasteiger partial charge in [-0.15, -0.1) is 35.3 Å². The summed E-state index contributed by atoms with van der Waals surface area (Å²) in [6, 6.07) is 3.72. The molecule has 0 fully saturated rings. The number of methoxy groups -OCH3 is 3. The molecular weight excluding hydrogens is 491 g/mol. The summed E-state index contributed by atoms with van der Waals surface area (Å²) in [5.74, 6) is 2.95. The Labute approximate surface area is 187 Å². The molecule has 9 heteroatoms. The van der Waals surface area contributed by atoms with Crippen LogP contribution in [0, 0.1) is 6.92 Å². The predicted octanol–water partition coefficient (Wildman–Crippen LogP) is 3.05. The summed E-state index contributed by atoms with van der Waals surface area (Å²) in [6.45, 7) is 3.48. The van der Waals surface area contributed by atoms with Crippen molar-refractivity contribution in [3.8, 4) is 17.2 Å². The highest BCUT2D eigenvalue weighted by Crippen LogP contribution is 2.34. The van der Waals surface area contributed by atoms with E-state index in [0.717, 1.165) is 53.1 Å². The highest BCUT2D eigenvalue weighted by Gasteiger charge is 2.13. The Hall–Kier alpha value is -1.75. The van der Waals surface area contributed by atoms with Crippen molar-refractivity contribution < 1.29 is 14.2 Å². The van der Waals surface area contributed by atoms with E-state index in [4.69, 9.17) is 14.2 Å². The van der Waals surface area contributed by atoms with E-state index in [9.17, 15) is 0 Å². The van der Waals surface area contributed by atoms with Crippen LogP contribution in [0.5, 0.6) is 17.2 Å². The van der Waals surface area contributed by atoms with Crippen LogP contribution in [0.4, 0.5) is 0 Å². The molecule has 0 atom stereocenters. The number of rotatable bonds is 9. The molecule has 0 unspecified atom stereocenters. The van der Waals surface area contributed by atoms with Crippen LogP contribution < -0.4 is 24.8 Å². The minimum absolute atomic E-state index is 0. The van der Waals surface area contributed by atoms with Crippen LogP contribution in [0.3, 0.4) is 0 Å². The third-order valence-electron chi connectivity index (χ3n) is 4.05. The number of aromatic nitrogens is 1. The maximum absolute atomic E-state index is 5.49. The van der Waals surface area contributed by atoms with Crippen LogP contribution in [0.25, 0.3) is 0 Å². The smallest absolute Gasteiger partial charge is 0.190 e. The lowest BCUT2D eigenvalue weighted by atomic mass is 10.1. The molecular formula is C19H29IN4O3S. The van der Waals surface area contributed by atoms with Crippen LogP contribution in [0.2, 0.25) is 0 Å². The van der Waals surface area contributed by atoms with Gasteiger partial charge in [-0.3, -0.25) is 4.99 Å². The Morgan fingerprint density at radius 2 is 1.64 bits per heavy atom. The average Bonchev–Trinajstić information content (AvgIpc) is 3.11. The molecule has 0 bridgehead atoms. The first-order chi connectivity index (χ1) is 13.1. The summed E-state index contributed by atoms with van der Waals surface area (Å²) in [7, 11) is 6.67. The topological polar surface area (TPSA) is 77.0 Å². The van der Waals surface area contributed by atoms with E-state index < -0.39 is 0 Å². The Kier molecular flexibility index (Phi) is 11.0. The van der Waals surface area contributed by atoms with Gasteiger partial charge in [-0.05, 0) is 13.3 Å². The lowest BCUT2D eigenvalue weighted by Crippen LogP contribution is -2.39. The number of nitrogens with zero attached hydrogens (tertiary/aromatic N) is 2. The fraction of sp³-hybridized carbons (Fsp3) is 0.474. The fourth-order valence-corrected chi connectivity index (χ4v) is 3.33. The van der Waals surface area contributed by atoms with Gasteiger partial charge in [-0.2, -0.15) is 0 Å². The van der Waals surface area contributed by atoms with Gasteiger partial charge >= 0.3 is 0 Å². The monoisotopic (exact) mass is 520 g/mol. The Morgan fingerprint density at radius 1 is 1.04 bits per heavy atom. The number of guanidine groups is 1. The summed E-state index contributed by atoms with van der Waals surface area (Å²) in [5, 5.41) is 9.81. The second-order valence-electron chi connectivity index (χ2n) is 5.79. The van der Waals surface area contributed by atoms with Crippen LogP contribution in [-0.4, -0.2) is 52.4 Å². The molecule has 0 saturated carbocycles. The highest BCUT2D eigenvalue weighted by molar-refractivity contribution is 14.0. The van der Waals surface area contributed by atoms with Crippen molar-refractivity contribution in [2.24, 2.45) is 4.99 Å². The molecule has 156 valence electrons. The second-order valence-corrected chi connectivity index (χ2v) is 6.86.